The molecule has 1 N–H and O–H groups in total. The van der Waals surface area contributed by atoms with Crippen LogP contribution in [0.3, 0.4) is 0 Å². The minimum Gasteiger partial charge on any atom is -0.354 e. The Labute approximate surface area is 199 Å². The van der Waals surface area contributed by atoms with Gasteiger partial charge in [0.25, 0.3) is 0 Å². The first-order chi connectivity index (χ1) is 15.6. The summed E-state index contributed by atoms with van der Waals surface area (Å²) in [6, 6.07) is 11.3. The number of nitrogens with zero attached hydrogens (tertiary/aromatic N) is 2. The third-order valence-electron chi connectivity index (χ3n) is 5.00. The molecule has 0 bridgehead atoms. The smallest absolute Gasteiger partial charge is 0.244 e. The van der Waals surface area contributed by atoms with Gasteiger partial charge in [-0.1, -0.05) is 49.7 Å². The van der Waals surface area contributed by atoms with Crippen molar-refractivity contribution < 1.29 is 22.4 Å². The van der Waals surface area contributed by atoms with Gasteiger partial charge in [-0.25, -0.2) is 12.8 Å². The third kappa shape index (κ3) is 7.43. The van der Waals surface area contributed by atoms with E-state index in [2.05, 4.69) is 5.32 Å². The maximum Gasteiger partial charge on any atom is 0.244 e. The minimum atomic E-state index is -3.99. The maximum absolute atomic E-state index is 14.4. The highest BCUT2D eigenvalue weighted by Gasteiger charge is 2.32. The molecule has 33 heavy (non-hydrogen) atoms. The van der Waals surface area contributed by atoms with Crippen molar-refractivity contribution in [2.45, 2.75) is 39.3 Å². The van der Waals surface area contributed by atoms with Crippen molar-refractivity contribution >= 4 is 39.1 Å². The Morgan fingerprint density at radius 1 is 1.09 bits per heavy atom. The number of anilines is 1. The predicted molar refractivity (Wildman–Crippen MR) is 128 cm³/mol. The van der Waals surface area contributed by atoms with Crippen LogP contribution in [0.25, 0.3) is 0 Å². The van der Waals surface area contributed by atoms with E-state index in [-0.39, 0.29) is 18.1 Å². The summed E-state index contributed by atoms with van der Waals surface area (Å²) in [5.41, 5.74) is 0.481. The number of benzene rings is 2. The fraction of sp³-hybridized carbons (Fsp3) is 0.391. The zero-order chi connectivity index (χ0) is 24.6. The molecule has 7 nitrogen and oxygen atoms in total. The van der Waals surface area contributed by atoms with Crippen molar-refractivity contribution in [1.29, 1.82) is 0 Å². The van der Waals surface area contributed by atoms with Gasteiger partial charge in [0.05, 0.1) is 11.9 Å². The van der Waals surface area contributed by atoms with Gasteiger partial charge in [0.1, 0.15) is 18.4 Å². The summed E-state index contributed by atoms with van der Waals surface area (Å²) in [5.74, 6) is -1.73. The lowest BCUT2D eigenvalue weighted by atomic mass is 10.1. The first-order valence-corrected chi connectivity index (χ1v) is 12.8. The van der Waals surface area contributed by atoms with Crippen LogP contribution in [0.15, 0.2) is 48.5 Å². The molecule has 2 aromatic carbocycles. The van der Waals surface area contributed by atoms with E-state index in [4.69, 9.17) is 11.6 Å². The van der Waals surface area contributed by atoms with Gasteiger partial charge in [-0.15, -0.1) is 0 Å². The van der Waals surface area contributed by atoms with E-state index in [1.807, 2.05) is 6.92 Å². The van der Waals surface area contributed by atoms with E-state index in [9.17, 15) is 22.4 Å². The minimum absolute atomic E-state index is 0.0585. The van der Waals surface area contributed by atoms with Gasteiger partial charge in [-0.3, -0.25) is 13.9 Å². The van der Waals surface area contributed by atoms with Crippen molar-refractivity contribution in [3.05, 3.63) is 64.9 Å². The largest absolute Gasteiger partial charge is 0.354 e. The molecule has 0 aliphatic rings. The molecule has 10 heteroatoms. The molecule has 2 rings (SSSR count). The molecule has 0 aliphatic heterocycles. The van der Waals surface area contributed by atoms with E-state index in [1.165, 1.54) is 23.1 Å². The molecule has 1 atom stereocenters. The lowest BCUT2D eigenvalue weighted by Gasteiger charge is -2.33. The molecule has 0 saturated carbocycles. The van der Waals surface area contributed by atoms with Crippen molar-refractivity contribution in [2.24, 2.45) is 0 Å². The van der Waals surface area contributed by atoms with Gasteiger partial charge < -0.3 is 10.2 Å². The molecular weight excluding hydrogens is 469 g/mol. The number of carbonyl (C=O) groups is 2. The quantitative estimate of drug-likeness (QED) is 0.514. The highest BCUT2D eigenvalue weighted by Crippen LogP contribution is 2.23. The lowest BCUT2D eigenvalue weighted by Crippen LogP contribution is -2.52. The molecule has 0 aliphatic carbocycles. The highest BCUT2D eigenvalue weighted by atomic mass is 35.5. The molecule has 0 saturated heterocycles. The van der Waals surface area contributed by atoms with Gasteiger partial charge in [0.2, 0.25) is 21.8 Å². The van der Waals surface area contributed by atoms with Crippen LogP contribution in [-0.4, -0.2) is 50.5 Å². The van der Waals surface area contributed by atoms with Crippen molar-refractivity contribution in [3.63, 3.8) is 0 Å². The summed E-state index contributed by atoms with van der Waals surface area (Å²) in [4.78, 5) is 27.6. The number of rotatable bonds is 11. The number of para-hydroxylation sites is 1. The third-order valence-corrected chi connectivity index (χ3v) is 6.38. The monoisotopic (exact) mass is 497 g/mol. The van der Waals surface area contributed by atoms with Crippen molar-refractivity contribution in [1.82, 2.24) is 10.2 Å². The van der Waals surface area contributed by atoms with Crippen molar-refractivity contribution in [3.8, 4) is 0 Å². The Bertz CT molecular complexity index is 1060. The number of halogens is 2. The Morgan fingerprint density at radius 2 is 1.73 bits per heavy atom. The zero-order valence-corrected chi connectivity index (χ0v) is 20.5. The van der Waals surface area contributed by atoms with Crippen LogP contribution in [0.2, 0.25) is 5.02 Å². The van der Waals surface area contributed by atoms with E-state index in [1.54, 1.807) is 31.2 Å². The summed E-state index contributed by atoms with van der Waals surface area (Å²) in [5, 5.41) is 3.31. The first kappa shape index (κ1) is 26.6. The highest BCUT2D eigenvalue weighted by molar-refractivity contribution is 7.92. The van der Waals surface area contributed by atoms with Gasteiger partial charge in [-0.05, 0) is 42.7 Å². The Morgan fingerprint density at radius 3 is 2.27 bits per heavy atom. The van der Waals surface area contributed by atoms with Crippen LogP contribution < -0.4 is 9.62 Å². The van der Waals surface area contributed by atoms with Gasteiger partial charge >= 0.3 is 0 Å². The van der Waals surface area contributed by atoms with Crippen LogP contribution >= 0.6 is 11.6 Å². The normalized spacial score (nSPS) is 12.2. The van der Waals surface area contributed by atoms with Gasteiger partial charge in [0, 0.05) is 18.1 Å². The van der Waals surface area contributed by atoms with E-state index in [0.717, 1.165) is 23.0 Å². The lowest BCUT2D eigenvalue weighted by molar-refractivity contribution is -0.140. The first-order valence-electron chi connectivity index (χ1n) is 10.6. The summed E-state index contributed by atoms with van der Waals surface area (Å²) in [6.45, 7) is 3.54. The molecule has 0 heterocycles. The van der Waals surface area contributed by atoms with Crippen LogP contribution in [0.1, 0.15) is 32.3 Å². The Balaban J connectivity index is 2.42. The topological polar surface area (TPSA) is 86.8 Å². The SMILES string of the molecule is CCCNC(=O)[C@@H](CC)N(Cc1ccc(Cl)cc1)C(=O)CN(c1ccccc1F)S(C)(=O)=O. The van der Waals surface area contributed by atoms with E-state index < -0.39 is 34.3 Å². The van der Waals surface area contributed by atoms with Crippen molar-refractivity contribution in [2.75, 3.05) is 23.7 Å². The summed E-state index contributed by atoms with van der Waals surface area (Å²) in [6.07, 6.45) is 1.94. The summed E-state index contributed by atoms with van der Waals surface area (Å²) in [7, 11) is -3.99. The number of hydrogen-bond acceptors (Lipinski definition) is 4. The van der Waals surface area contributed by atoms with Gasteiger partial charge in [-0.2, -0.15) is 0 Å². The fourth-order valence-corrected chi connectivity index (χ4v) is 4.30. The molecule has 0 unspecified atom stereocenters. The average molecular weight is 498 g/mol. The van der Waals surface area contributed by atoms with Crippen LogP contribution in [0.5, 0.6) is 0 Å². The standard InChI is InChI=1S/C23H29ClFN3O4S/c1-4-14-26-23(30)20(5-2)27(15-17-10-12-18(24)13-11-17)22(29)16-28(33(3,31)32)21-9-7-6-8-19(21)25/h6-13,20H,4-5,14-16H2,1-3H3,(H,26,30)/t20-/m1/s1. The zero-order valence-electron chi connectivity index (χ0n) is 18.9. The number of sulfonamides is 1. The summed E-state index contributed by atoms with van der Waals surface area (Å²) >= 11 is 5.96. The van der Waals surface area contributed by atoms with Crippen LogP contribution in [0, 0.1) is 5.82 Å². The average Bonchev–Trinajstić information content (AvgIpc) is 2.77. The number of hydrogen-bond donors (Lipinski definition) is 1. The fourth-order valence-electron chi connectivity index (χ4n) is 3.32. The van der Waals surface area contributed by atoms with E-state index in [0.29, 0.717) is 23.6 Å². The molecule has 180 valence electrons. The second-order valence-electron chi connectivity index (χ2n) is 7.58. The van der Waals surface area contributed by atoms with Crippen LogP contribution in [0.4, 0.5) is 10.1 Å². The van der Waals surface area contributed by atoms with Gasteiger partial charge in [0.15, 0.2) is 0 Å². The summed E-state index contributed by atoms with van der Waals surface area (Å²) < 4.78 is 40.0. The molecule has 0 radical (unpaired) electrons. The van der Waals surface area contributed by atoms with Crippen LogP contribution in [-0.2, 0) is 26.2 Å². The molecule has 0 spiro atoms. The van der Waals surface area contributed by atoms with E-state index >= 15 is 0 Å². The second kappa shape index (κ2) is 12.0. The number of amides is 2. The molecule has 0 fully saturated rings. The Kier molecular flexibility index (Phi) is 9.67. The number of carbonyl (C=O) groups excluding carboxylic acids is 2. The number of nitrogens with one attached hydrogen (secondary N) is 1. The molecule has 2 aromatic rings. The second-order valence-corrected chi connectivity index (χ2v) is 9.93. The molecule has 2 amide bonds. The maximum atomic E-state index is 14.4. The molecular formula is C23H29ClFN3O4S. The Hall–Kier alpha value is -2.65. The molecule has 0 aromatic heterocycles. The predicted octanol–water partition coefficient (Wildman–Crippen LogP) is 3.58.